The molecule has 1 amide bonds. The van der Waals surface area contributed by atoms with Crippen LogP contribution in [0.3, 0.4) is 0 Å². The van der Waals surface area contributed by atoms with Gasteiger partial charge in [0.05, 0.1) is 6.54 Å². The predicted octanol–water partition coefficient (Wildman–Crippen LogP) is 1.30. The fourth-order valence-electron chi connectivity index (χ4n) is 3.27. The largest absolute Gasteiger partial charge is 0.325 e. The molecule has 3 rings (SSSR count). The highest BCUT2D eigenvalue weighted by Gasteiger charge is 2.26. The van der Waals surface area contributed by atoms with Crippen LogP contribution in [-0.4, -0.2) is 67.6 Å². The van der Waals surface area contributed by atoms with E-state index in [4.69, 9.17) is 0 Å². The molecule has 2 heterocycles. The SMILES string of the molecule is Cl.O=C(CN1CCN(C2CCNC2)CC1)Nc1cc(F)cc(F)c1. The Labute approximate surface area is 146 Å². The van der Waals surface area contributed by atoms with Gasteiger partial charge in [-0.05, 0) is 25.1 Å². The number of carbonyl (C=O) groups excluding carboxylic acids is 1. The molecular weight excluding hydrogens is 338 g/mol. The first kappa shape index (κ1) is 19.1. The lowest BCUT2D eigenvalue weighted by Gasteiger charge is -2.37. The molecule has 1 atom stereocenters. The van der Waals surface area contributed by atoms with E-state index in [0.717, 1.165) is 57.5 Å². The van der Waals surface area contributed by atoms with Crippen LogP contribution in [0.4, 0.5) is 14.5 Å². The standard InChI is InChI=1S/C16H22F2N4O.ClH/c17-12-7-13(18)9-14(8-12)20-16(23)11-21-3-5-22(6-4-21)15-1-2-19-10-15;/h7-9,15,19H,1-6,10-11H2,(H,20,23);1H. The summed E-state index contributed by atoms with van der Waals surface area (Å²) in [6, 6.07) is 3.63. The summed E-state index contributed by atoms with van der Waals surface area (Å²) >= 11 is 0. The Kier molecular flexibility index (Phi) is 6.91. The minimum absolute atomic E-state index is 0. The van der Waals surface area contributed by atoms with Crippen molar-refractivity contribution in [3.05, 3.63) is 29.8 Å². The molecule has 0 bridgehead atoms. The number of piperazine rings is 1. The maximum absolute atomic E-state index is 13.1. The molecule has 2 aliphatic heterocycles. The first-order valence-corrected chi connectivity index (χ1v) is 8.03. The van der Waals surface area contributed by atoms with Gasteiger partial charge in [-0.1, -0.05) is 0 Å². The fourth-order valence-corrected chi connectivity index (χ4v) is 3.27. The first-order chi connectivity index (χ1) is 11.1. The van der Waals surface area contributed by atoms with Crippen LogP contribution in [0.2, 0.25) is 0 Å². The normalized spacial score (nSPS) is 22.2. The number of benzene rings is 1. The van der Waals surface area contributed by atoms with Crippen molar-refractivity contribution < 1.29 is 13.6 Å². The quantitative estimate of drug-likeness (QED) is 0.850. The van der Waals surface area contributed by atoms with Crippen LogP contribution >= 0.6 is 12.4 Å². The number of nitrogens with zero attached hydrogens (tertiary/aromatic N) is 2. The molecular formula is C16H23ClF2N4O. The topological polar surface area (TPSA) is 47.6 Å². The highest BCUT2D eigenvalue weighted by molar-refractivity contribution is 5.92. The predicted molar refractivity (Wildman–Crippen MR) is 91.5 cm³/mol. The van der Waals surface area contributed by atoms with Crippen LogP contribution < -0.4 is 10.6 Å². The third-order valence-corrected chi connectivity index (χ3v) is 4.47. The molecule has 1 unspecified atom stereocenters. The number of hydrogen-bond donors (Lipinski definition) is 2. The second-order valence-electron chi connectivity index (χ2n) is 6.17. The molecule has 1 aromatic carbocycles. The molecule has 2 saturated heterocycles. The van der Waals surface area contributed by atoms with E-state index in [1.165, 1.54) is 6.42 Å². The van der Waals surface area contributed by atoms with Gasteiger partial charge < -0.3 is 10.6 Å². The summed E-state index contributed by atoms with van der Waals surface area (Å²) in [5.41, 5.74) is 0.156. The van der Waals surface area contributed by atoms with Crippen molar-refractivity contribution in [1.29, 1.82) is 0 Å². The van der Waals surface area contributed by atoms with Gasteiger partial charge >= 0.3 is 0 Å². The third kappa shape index (κ3) is 5.11. The van der Waals surface area contributed by atoms with Crippen molar-refractivity contribution in [2.75, 3.05) is 51.1 Å². The highest BCUT2D eigenvalue weighted by Crippen LogP contribution is 2.14. The van der Waals surface area contributed by atoms with Gasteiger partial charge in [-0.2, -0.15) is 0 Å². The van der Waals surface area contributed by atoms with Crippen molar-refractivity contribution in [3.8, 4) is 0 Å². The number of amides is 1. The number of carbonyl (C=O) groups is 1. The van der Waals surface area contributed by atoms with Crippen LogP contribution in [0.15, 0.2) is 18.2 Å². The molecule has 0 spiro atoms. The number of nitrogens with one attached hydrogen (secondary N) is 2. The van der Waals surface area contributed by atoms with E-state index in [1.807, 2.05) is 0 Å². The van der Waals surface area contributed by atoms with Crippen molar-refractivity contribution in [2.45, 2.75) is 12.5 Å². The summed E-state index contributed by atoms with van der Waals surface area (Å²) in [5, 5.41) is 5.92. The summed E-state index contributed by atoms with van der Waals surface area (Å²) < 4.78 is 26.2. The second kappa shape index (κ2) is 8.71. The zero-order valence-electron chi connectivity index (χ0n) is 13.4. The van der Waals surface area contributed by atoms with Gasteiger partial charge in [-0.15, -0.1) is 12.4 Å². The van der Waals surface area contributed by atoms with Crippen LogP contribution in [0.5, 0.6) is 0 Å². The molecule has 0 saturated carbocycles. The smallest absolute Gasteiger partial charge is 0.238 e. The maximum atomic E-state index is 13.1. The molecule has 2 fully saturated rings. The molecule has 1 aromatic rings. The van der Waals surface area contributed by atoms with Gasteiger partial charge in [0.15, 0.2) is 0 Å². The van der Waals surface area contributed by atoms with Gasteiger partial charge in [-0.25, -0.2) is 8.78 Å². The molecule has 0 aromatic heterocycles. The molecule has 0 radical (unpaired) electrons. The van der Waals surface area contributed by atoms with E-state index in [1.54, 1.807) is 0 Å². The lowest BCUT2D eigenvalue weighted by molar-refractivity contribution is -0.117. The number of anilines is 1. The third-order valence-electron chi connectivity index (χ3n) is 4.47. The van der Waals surface area contributed by atoms with Crippen LogP contribution in [0.25, 0.3) is 0 Å². The average Bonchev–Trinajstić information content (AvgIpc) is 3.01. The number of hydrogen-bond acceptors (Lipinski definition) is 4. The lowest BCUT2D eigenvalue weighted by Crippen LogP contribution is -2.52. The molecule has 5 nitrogen and oxygen atoms in total. The van der Waals surface area contributed by atoms with E-state index in [-0.39, 0.29) is 30.5 Å². The summed E-state index contributed by atoms with van der Waals surface area (Å²) in [4.78, 5) is 16.6. The molecule has 134 valence electrons. The molecule has 8 heteroatoms. The zero-order chi connectivity index (χ0) is 16.2. The van der Waals surface area contributed by atoms with E-state index >= 15 is 0 Å². The van der Waals surface area contributed by atoms with Gasteiger partial charge in [0.1, 0.15) is 11.6 Å². The van der Waals surface area contributed by atoms with Gasteiger partial charge in [-0.3, -0.25) is 14.6 Å². The lowest BCUT2D eigenvalue weighted by atomic mass is 10.2. The zero-order valence-corrected chi connectivity index (χ0v) is 14.2. The van der Waals surface area contributed by atoms with Crippen molar-refractivity contribution in [3.63, 3.8) is 0 Å². The van der Waals surface area contributed by atoms with Crippen molar-refractivity contribution >= 4 is 24.0 Å². The highest BCUT2D eigenvalue weighted by atomic mass is 35.5. The Balaban J connectivity index is 0.00000208. The Morgan fingerprint density at radius 2 is 1.83 bits per heavy atom. The van der Waals surface area contributed by atoms with Crippen molar-refractivity contribution in [2.24, 2.45) is 0 Å². The van der Waals surface area contributed by atoms with E-state index in [9.17, 15) is 13.6 Å². The Morgan fingerprint density at radius 3 is 2.42 bits per heavy atom. The van der Waals surface area contributed by atoms with Gasteiger partial charge in [0.25, 0.3) is 0 Å². The summed E-state index contributed by atoms with van der Waals surface area (Å²) in [5.74, 6) is -1.64. The number of rotatable bonds is 4. The summed E-state index contributed by atoms with van der Waals surface area (Å²) in [6.45, 7) is 5.95. The summed E-state index contributed by atoms with van der Waals surface area (Å²) in [6.07, 6.45) is 1.19. The van der Waals surface area contributed by atoms with Gasteiger partial charge in [0, 0.05) is 50.5 Å². The van der Waals surface area contributed by atoms with Crippen LogP contribution in [0.1, 0.15) is 6.42 Å². The minimum Gasteiger partial charge on any atom is -0.325 e. The average molecular weight is 361 g/mol. The van der Waals surface area contributed by atoms with E-state index in [0.29, 0.717) is 6.04 Å². The first-order valence-electron chi connectivity index (χ1n) is 8.03. The Bertz CT molecular complexity index is 541. The Morgan fingerprint density at radius 1 is 1.17 bits per heavy atom. The van der Waals surface area contributed by atoms with Gasteiger partial charge in [0.2, 0.25) is 5.91 Å². The summed E-state index contributed by atoms with van der Waals surface area (Å²) in [7, 11) is 0. The maximum Gasteiger partial charge on any atom is 0.238 e. The van der Waals surface area contributed by atoms with E-state index in [2.05, 4.69) is 20.4 Å². The second-order valence-corrected chi connectivity index (χ2v) is 6.17. The van der Waals surface area contributed by atoms with Crippen LogP contribution in [-0.2, 0) is 4.79 Å². The Hall–Kier alpha value is -1.28. The molecule has 0 aliphatic carbocycles. The molecule has 2 aliphatic rings. The monoisotopic (exact) mass is 360 g/mol. The molecule has 24 heavy (non-hydrogen) atoms. The van der Waals surface area contributed by atoms with Crippen LogP contribution in [0, 0.1) is 11.6 Å². The minimum atomic E-state index is -0.695. The molecule has 2 N–H and O–H groups in total. The number of halogens is 3. The van der Waals surface area contributed by atoms with Crippen molar-refractivity contribution in [1.82, 2.24) is 15.1 Å². The van der Waals surface area contributed by atoms with E-state index < -0.39 is 11.6 Å². The fraction of sp³-hybridized carbons (Fsp3) is 0.562.